The molecule has 96 valence electrons. The van der Waals surface area contributed by atoms with E-state index in [0.717, 1.165) is 4.88 Å². The van der Waals surface area contributed by atoms with E-state index in [9.17, 15) is 8.42 Å². The van der Waals surface area contributed by atoms with E-state index in [0.29, 0.717) is 14.1 Å². The van der Waals surface area contributed by atoms with Crippen LogP contribution < -0.4 is 4.72 Å². The molecule has 0 spiro atoms. The van der Waals surface area contributed by atoms with Crippen molar-refractivity contribution in [2.75, 3.05) is 4.72 Å². The Morgan fingerprint density at radius 1 is 1.33 bits per heavy atom. The Morgan fingerprint density at radius 2 is 2.06 bits per heavy atom. The fourth-order valence-electron chi connectivity index (χ4n) is 1.25. The van der Waals surface area contributed by atoms with Crippen molar-refractivity contribution in [2.45, 2.75) is 11.8 Å². The van der Waals surface area contributed by atoms with Gasteiger partial charge in [0.15, 0.2) is 5.13 Å². The number of hydrogen-bond acceptors (Lipinski definition) is 4. The number of rotatable bonds is 3. The van der Waals surface area contributed by atoms with Crippen molar-refractivity contribution in [1.82, 2.24) is 4.98 Å². The van der Waals surface area contributed by atoms with Gasteiger partial charge < -0.3 is 0 Å². The van der Waals surface area contributed by atoms with Crippen LogP contribution in [0.25, 0.3) is 0 Å². The number of aromatic nitrogens is 1. The van der Waals surface area contributed by atoms with Crippen LogP contribution in [0, 0.1) is 6.92 Å². The Kier molecular flexibility index (Phi) is 4.10. The van der Waals surface area contributed by atoms with Crippen molar-refractivity contribution in [1.29, 1.82) is 0 Å². The average molecular weight is 412 g/mol. The molecule has 0 aliphatic carbocycles. The third kappa shape index (κ3) is 3.11. The summed E-state index contributed by atoms with van der Waals surface area (Å²) in [6.45, 7) is 1.87. The normalized spacial score (nSPS) is 11.5. The van der Waals surface area contributed by atoms with Crippen molar-refractivity contribution in [3.05, 3.63) is 38.2 Å². The first-order valence-corrected chi connectivity index (χ1v) is 8.67. The van der Waals surface area contributed by atoms with Gasteiger partial charge in [0.1, 0.15) is 4.90 Å². The van der Waals surface area contributed by atoms with Crippen LogP contribution in [-0.4, -0.2) is 13.4 Å². The molecule has 18 heavy (non-hydrogen) atoms. The number of hydrogen-bond donors (Lipinski definition) is 1. The van der Waals surface area contributed by atoms with Crippen molar-refractivity contribution >= 4 is 58.4 Å². The fourth-order valence-corrected chi connectivity index (χ4v) is 4.66. The topological polar surface area (TPSA) is 59.1 Å². The molecule has 1 N–H and O–H groups in total. The van der Waals surface area contributed by atoms with Crippen LogP contribution in [0.2, 0.25) is 0 Å². The minimum absolute atomic E-state index is 0.171. The Morgan fingerprint density at radius 3 is 2.67 bits per heavy atom. The monoisotopic (exact) mass is 410 g/mol. The highest BCUT2D eigenvalue weighted by molar-refractivity contribution is 9.11. The van der Waals surface area contributed by atoms with Gasteiger partial charge in [0.05, 0.1) is 0 Å². The van der Waals surface area contributed by atoms with E-state index in [4.69, 9.17) is 0 Å². The molecule has 4 nitrogen and oxygen atoms in total. The summed E-state index contributed by atoms with van der Waals surface area (Å²) in [6, 6.07) is 4.97. The number of benzene rings is 1. The summed E-state index contributed by atoms with van der Waals surface area (Å²) in [5.41, 5.74) is 0. The quantitative estimate of drug-likeness (QED) is 0.835. The summed E-state index contributed by atoms with van der Waals surface area (Å²) < 4.78 is 28.0. The second kappa shape index (κ2) is 5.28. The molecule has 0 saturated heterocycles. The number of halogens is 2. The summed E-state index contributed by atoms with van der Waals surface area (Å²) >= 11 is 7.77. The molecular weight excluding hydrogens is 404 g/mol. The molecular formula is C10H8Br2N2O2S2. The van der Waals surface area contributed by atoms with Gasteiger partial charge in [0.25, 0.3) is 10.0 Å². The first-order valence-electron chi connectivity index (χ1n) is 4.79. The zero-order valence-corrected chi connectivity index (χ0v) is 14.0. The number of sulfonamides is 1. The molecule has 1 aromatic heterocycles. The van der Waals surface area contributed by atoms with Crippen LogP contribution in [-0.2, 0) is 10.0 Å². The van der Waals surface area contributed by atoms with E-state index >= 15 is 0 Å². The standard InChI is InChI=1S/C10H8Br2N2O2S2/c1-6-5-13-10(17-6)14-18(15,16)9-4-7(11)2-3-8(9)12/h2-5H,1H3,(H,13,14). The third-order valence-corrected chi connectivity index (χ3v) is 5.81. The summed E-state index contributed by atoms with van der Waals surface area (Å²) in [5, 5.41) is 0.361. The van der Waals surface area contributed by atoms with E-state index in [2.05, 4.69) is 41.6 Å². The van der Waals surface area contributed by atoms with Gasteiger partial charge in [-0.3, -0.25) is 4.72 Å². The molecule has 0 fully saturated rings. The van der Waals surface area contributed by atoms with Gasteiger partial charge in [0, 0.05) is 20.0 Å². The lowest BCUT2D eigenvalue weighted by Crippen LogP contribution is -2.13. The van der Waals surface area contributed by atoms with E-state index in [1.807, 2.05) is 6.92 Å². The number of nitrogens with zero attached hydrogens (tertiary/aromatic N) is 1. The highest BCUT2D eigenvalue weighted by Crippen LogP contribution is 2.28. The summed E-state index contributed by atoms with van der Waals surface area (Å²) in [5.74, 6) is 0. The molecule has 0 bridgehead atoms. The number of anilines is 1. The Balaban J connectivity index is 2.39. The highest BCUT2D eigenvalue weighted by Gasteiger charge is 2.19. The first-order chi connectivity index (χ1) is 8.38. The predicted molar refractivity (Wildman–Crippen MR) is 79.5 cm³/mol. The zero-order chi connectivity index (χ0) is 13.3. The molecule has 0 aliphatic rings. The van der Waals surface area contributed by atoms with Gasteiger partial charge in [-0.2, -0.15) is 0 Å². The van der Waals surface area contributed by atoms with Crippen LogP contribution >= 0.6 is 43.2 Å². The second-order valence-electron chi connectivity index (χ2n) is 3.46. The number of nitrogens with one attached hydrogen (secondary N) is 1. The zero-order valence-electron chi connectivity index (χ0n) is 9.15. The lowest BCUT2D eigenvalue weighted by atomic mass is 10.4. The largest absolute Gasteiger partial charge is 0.264 e. The maximum atomic E-state index is 12.2. The van der Waals surface area contributed by atoms with Crippen LogP contribution in [0.5, 0.6) is 0 Å². The van der Waals surface area contributed by atoms with Gasteiger partial charge in [-0.25, -0.2) is 13.4 Å². The number of aryl methyl sites for hydroxylation is 1. The molecule has 0 saturated carbocycles. The molecule has 0 amide bonds. The van der Waals surface area contributed by atoms with Gasteiger partial charge in [-0.05, 0) is 41.1 Å². The summed E-state index contributed by atoms with van der Waals surface area (Å²) in [7, 11) is -3.63. The molecule has 8 heteroatoms. The van der Waals surface area contributed by atoms with Gasteiger partial charge in [0.2, 0.25) is 0 Å². The maximum Gasteiger partial charge on any atom is 0.264 e. The van der Waals surface area contributed by atoms with Gasteiger partial charge in [-0.1, -0.05) is 15.9 Å². The second-order valence-corrected chi connectivity index (χ2v) is 8.11. The fraction of sp³-hybridized carbons (Fsp3) is 0.100. The Bertz CT molecular complexity index is 683. The molecule has 0 radical (unpaired) electrons. The lowest BCUT2D eigenvalue weighted by molar-refractivity contribution is 0.600. The highest BCUT2D eigenvalue weighted by atomic mass is 79.9. The van der Waals surface area contributed by atoms with Crippen molar-refractivity contribution in [2.24, 2.45) is 0 Å². The average Bonchev–Trinajstić information content (AvgIpc) is 2.66. The van der Waals surface area contributed by atoms with Crippen LogP contribution in [0.1, 0.15) is 4.88 Å². The predicted octanol–water partition coefficient (Wildman–Crippen LogP) is 3.78. The minimum atomic E-state index is -3.63. The van der Waals surface area contributed by atoms with Crippen LogP contribution in [0.4, 0.5) is 5.13 Å². The SMILES string of the molecule is Cc1cnc(NS(=O)(=O)c2cc(Br)ccc2Br)s1. The summed E-state index contributed by atoms with van der Waals surface area (Å²) in [6.07, 6.45) is 1.62. The van der Waals surface area contributed by atoms with Crippen LogP contribution in [0.3, 0.4) is 0 Å². The minimum Gasteiger partial charge on any atom is -0.255 e. The van der Waals surface area contributed by atoms with E-state index in [1.165, 1.54) is 17.4 Å². The smallest absolute Gasteiger partial charge is 0.255 e. The number of thiazole rings is 1. The van der Waals surface area contributed by atoms with Crippen LogP contribution in [0.15, 0.2) is 38.2 Å². The van der Waals surface area contributed by atoms with E-state index in [1.54, 1.807) is 18.3 Å². The third-order valence-electron chi connectivity index (χ3n) is 2.03. The summed E-state index contributed by atoms with van der Waals surface area (Å²) in [4.78, 5) is 5.10. The van der Waals surface area contributed by atoms with Crippen molar-refractivity contribution in [3.8, 4) is 0 Å². The molecule has 1 aromatic carbocycles. The Hall–Kier alpha value is -0.440. The Labute approximate surface area is 126 Å². The molecule has 0 aliphatic heterocycles. The molecule has 0 unspecified atom stereocenters. The first kappa shape index (κ1) is 14.0. The van der Waals surface area contributed by atoms with E-state index < -0.39 is 10.0 Å². The molecule has 2 rings (SSSR count). The molecule has 2 aromatic rings. The van der Waals surface area contributed by atoms with E-state index in [-0.39, 0.29) is 4.90 Å². The van der Waals surface area contributed by atoms with Gasteiger partial charge in [-0.15, -0.1) is 11.3 Å². The van der Waals surface area contributed by atoms with Crippen molar-refractivity contribution < 1.29 is 8.42 Å². The maximum absolute atomic E-state index is 12.2. The van der Waals surface area contributed by atoms with Gasteiger partial charge >= 0.3 is 0 Å². The molecule has 0 atom stereocenters. The molecule has 1 heterocycles. The van der Waals surface area contributed by atoms with Crippen molar-refractivity contribution in [3.63, 3.8) is 0 Å². The lowest BCUT2D eigenvalue weighted by Gasteiger charge is -2.07.